The molecule has 0 amide bonds. The molecule has 3 saturated carbocycles. The SMILES string of the molecule is O[C@@H]1CCCC[C@H]1CC1CC12CC2. The van der Waals surface area contributed by atoms with Crippen LogP contribution in [0.2, 0.25) is 0 Å². The van der Waals surface area contributed by atoms with Gasteiger partial charge in [0.2, 0.25) is 0 Å². The van der Waals surface area contributed by atoms with Gasteiger partial charge in [-0.25, -0.2) is 0 Å². The highest BCUT2D eigenvalue weighted by atomic mass is 16.3. The smallest absolute Gasteiger partial charge is 0.0568 e. The fraction of sp³-hybridized carbons (Fsp3) is 1.00. The standard InChI is InChI=1S/C12H20O/c13-11-4-2-1-3-9(11)7-10-8-12(10)5-6-12/h9-11,13H,1-8H2/t9-,10?,11+/m0/s1. The Labute approximate surface area is 80.5 Å². The van der Waals surface area contributed by atoms with Crippen LogP contribution in [0.25, 0.3) is 0 Å². The van der Waals surface area contributed by atoms with Crippen molar-refractivity contribution in [2.24, 2.45) is 17.3 Å². The van der Waals surface area contributed by atoms with Gasteiger partial charge in [-0.2, -0.15) is 0 Å². The van der Waals surface area contributed by atoms with Crippen molar-refractivity contribution in [3.05, 3.63) is 0 Å². The summed E-state index contributed by atoms with van der Waals surface area (Å²) in [7, 11) is 0. The summed E-state index contributed by atoms with van der Waals surface area (Å²) in [5.74, 6) is 1.68. The number of aliphatic hydroxyl groups is 1. The Morgan fingerprint density at radius 1 is 1.15 bits per heavy atom. The predicted molar refractivity (Wildman–Crippen MR) is 52.4 cm³/mol. The average Bonchev–Trinajstić information content (AvgIpc) is 3.00. The van der Waals surface area contributed by atoms with Gasteiger partial charge in [0.05, 0.1) is 6.10 Å². The van der Waals surface area contributed by atoms with Gasteiger partial charge in [0.25, 0.3) is 0 Å². The molecule has 1 spiro atoms. The molecule has 0 aromatic carbocycles. The van der Waals surface area contributed by atoms with Crippen molar-refractivity contribution in [2.75, 3.05) is 0 Å². The Morgan fingerprint density at radius 2 is 1.92 bits per heavy atom. The number of rotatable bonds is 2. The van der Waals surface area contributed by atoms with E-state index < -0.39 is 0 Å². The van der Waals surface area contributed by atoms with Gasteiger partial charge in [-0.05, 0) is 55.8 Å². The lowest BCUT2D eigenvalue weighted by Gasteiger charge is -2.27. The van der Waals surface area contributed by atoms with E-state index in [0.29, 0.717) is 5.92 Å². The van der Waals surface area contributed by atoms with Crippen molar-refractivity contribution in [3.8, 4) is 0 Å². The molecule has 3 atom stereocenters. The molecule has 0 radical (unpaired) electrons. The van der Waals surface area contributed by atoms with E-state index in [4.69, 9.17) is 0 Å². The molecule has 1 N–H and O–H groups in total. The zero-order valence-electron chi connectivity index (χ0n) is 8.34. The Morgan fingerprint density at radius 3 is 2.54 bits per heavy atom. The first-order chi connectivity index (χ1) is 6.30. The third-order valence-electron chi connectivity index (χ3n) is 4.71. The van der Waals surface area contributed by atoms with Crippen LogP contribution in [-0.4, -0.2) is 11.2 Å². The molecule has 1 unspecified atom stereocenters. The average molecular weight is 180 g/mol. The van der Waals surface area contributed by atoms with Gasteiger partial charge < -0.3 is 5.11 Å². The zero-order chi connectivity index (χ0) is 8.89. The lowest BCUT2D eigenvalue weighted by Crippen LogP contribution is -2.24. The Hall–Kier alpha value is -0.0400. The molecule has 74 valence electrons. The molecular weight excluding hydrogens is 160 g/mol. The molecule has 3 rings (SSSR count). The molecule has 13 heavy (non-hydrogen) atoms. The van der Waals surface area contributed by atoms with Crippen LogP contribution in [0.4, 0.5) is 0 Å². The van der Waals surface area contributed by atoms with Crippen LogP contribution in [0, 0.1) is 17.3 Å². The zero-order valence-corrected chi connectivity index (χ0v) is 8.34. The van der Waals surface area contributed by atoms with Crippen molar-refractivity contribution in [3.63, 3.8) is 0 Å². The maximum Gasteiger partial charge on any atom is 0.0568 e. The largest absolute Gasteiger partial charge is 0.393 e. The van der Waals surface area contributed by atoms with Crippen molar-refractivity contribution < 1.29 is 5.11 Å². The van der Waals surface area contributed by atoms with E-state index in [9.17, 15) is 5.11 Å². The van der Waals surface area contributed by atoms with E-state index in [1.807, 2.05) is 0 Å². The maximum absolute atomic E-state index is 9.84. The number of hydrogen-bond donors (Lipinski definition) is 1. The summed E-state index contributed by atoms with van der Waals surface area (Å²) >= 11 is 0. The summed E-state index contributed by atoms with van der Waals surface area (Å²) in [5, 5.41) is 9.84. The minimum atomic E-state index is 0.0464. The van der Waals surface area contributed by atoms with E-state index in [1.54, 1.807) is 0 Å². The first kappa shape index (κ1) is 8.28. The minimum absolute atomic E-state index is 0.0464. The topological polar surface area (TPSA) is 20.2 Å². The highest BCUT2D eigenvalue weighted by Crippen LogP contribution is 2.72. The summed E-state index contributed by atoms with van der Waals surface area (Å²) in [6, 6.07) is 0. The van der Waals surface area contributed by atoms with Crippen LogP contribution in [0.3, 0.4) is 0 Å². The van der Waals surface area contributed by atoms with Crippen LogP contribution in [0.5, 0.6) is 0 Å². The summed E-state index contributed by atoms with van der Waals surface area (Å²) in [5.41, 5.74) is 0.844. The Kier molecular flexibility index (Phi) is 1.74. The van der Waals surface area contributed by atoms with Crippen molar-refractivity contribution in [1.82, 2.24) is 0 Å². The summed E-state index contributed by atoms with van der Waals surface area (Å²) in [6.45, 7) is 0. The van der Waals surface area contributed by atoms with E-state index >= 15 is 0 Å². The molecule has 0 aromatic heterocycles. The van der Waals surface area contributed by atoms with Crippen LogP contribution in [-0.2, 0) is 0 Å². The molecule has 0 bridgehead atoms. The monoisotopic (exact) mass is 180 g/mol. The fourth-order valence-electron chi connectivity index (χ4n) is 3.37. The van der Waals surface area contributed by atoms with Crippen LogP contribution < -0.4 is 0 Å². The third-order valence-corrected chi connectivity index (χ3v) is 4.71. The van der Waals surface area contributed by atoms with Crippen LogP contribution in [0.15, 0.2) is 0 Å². The highest BCUT2D eigenvalue weighted by molar-refractivity contribution is 5.12. The maximum atomic E-state index is 9.84. The second-order valence-corrected chi connectivity index (χ2v) is 5.61. The fourth-order valence-corrected chi connectivity index (χ4v) is 3.37. The van der Waals surface area contributed by atoms with Gasteiger partial charge in [0, 0.05) is 0 Å². The second kappa shape index (κ2) is 2.73. The third kappa shape index (κ3) is 1.41. The first-order valence-electron chi connectivity index (χ1n) is 5.98. The van der Waals surface area contributed by atoms with Crippen LogP contribution in [0.1, 0.15) is 51.4 Å². The lowest BCUT2D eigenvalue weighted by molar-refractivity contribution is 0.0613. The summed E-state index contributed by atoms with van der Waals surface area (Å²) in [6.07, 6.45) is 10.9. The van der Waals surface area contributed by atoms with Crippen molar-refractivity contribution in [2.45, 2.75) is 57.5 Å². The van der Waals surface area contributed by atoms with Gasteiger partial charge in [0.15, 0.2) is 0 Å². The van der Waals surface area contributed by atoms with E-state index in [-0.39, 0.29) is 6.10 Å². The lowest BCUT2D eigenvalue weighted by atomic mass is 9.83. The Balaban J connectivity index is 1.53. The number of hydrogen-bond acceptors (Lipinski definition) is 1. The molecule has 3 aliphatic rings. The van der Waals surface area contributed by atoms with Gasteiger partial charge in [-0.15, -0.1) is 0 Å². The molecule has 0 saturated heterocycles. The van der Waals surface area contributed by atoms with Gasteiger partial charge in [-0.3, -0.25) is 0 Å². The molecule has 0 aliphatic heterocycles. The van der Waals surface area contributed by atoms with E-state index in [0.717, 1.165) is 17.8 Å². The molecule has 0 heterocycles. The van der Waals surface area contributed by atoms with E-state index in [2.05, 4.69) is 0 Å². The van der Waals surface area contributed by atoms with Crippen LogP contribution >= 0.6 is 0 Å². The molecule has 1 nitrogen and oxygen atoms in total. The summed E-state index contributed by atoms with van der Waals surface area (Å²) < 4.78 is 0. The first-order valence-corrected chi connectivity index (χ1v) is 5.98. The Bertz CT molecular complexity index is 207. The van der Waals surface area contributed by atoms with E-state index in [1.165, 1.54) is 44.9 Å². The molecule has 1 heteroatoms. The molecule has 3 aliphatic carbocycles. The van der Waals surface area contributed by atoms with Gasteiger partial charge in [-0.1, -0.05) is 12.8 Å². The molecule has 0 aromatic rings. The second-order valence-electron chi connectivity index (χ2n) is 5.61. The predicted octanol–water partition coefficient (Wildman–Crippen LogP) is 2.73. The van der Waals surface area contributed by atoms with Crippen molar-refractivity contribution >= 4 is 0 Å². The summed E-state index contributed by atoms with van der Waals surface area (Å²) in [4.78, 5) is 0. The highest BCUT2D eigenvalue weighted by Gasteiger charge is 2.62. The van der Waals surface area contributed by atoms with Gasteiger partial charge in [0.1, 0.15) is 0 Å². The van der Waals surface area contributed by atoms with Crippen molar-refractivity contribution in [1.29, 1.82) is 0 Å². The normalized spacial score (nSPS) is 46.4. The van der Waals surface area contributed by atoms with Gasteiger partial charge >= 0.3 is 0 Å². The quantitative estimate of drug-likeness (QED) is 0.692. The number of aliphatic hydroxyl groups excluding tert-OH is 1. The molecule has 3 fully saturated rings. The molecular formula is C12H20O. The minimum Gasteiger partial charge on any atom is -0.393 e.